The SMILES string of the molecule is CC(=O)SCC=Cc1ccn[nH]1. The zero-order valence-corrected chi connectivity index (χ0v) is 7.60. The highest BCUT2D eigenvalue weighted by molar-refractivity contribution is 8.13. The van der Waals surface area contributed by atoms with Gasteiger partial charge in [-0.1, -0.05) is 17.8 Å². The summed E-state index contributed by atoms with van der Waals surface area (Å²) < 4.78 is 0. The molecule has 1 aromatic heterocycles. The Labute approximate surface area is 75.2 Å². The molecule has 1 heterocycles. The summed E-state index contributed by atoms with van der Waals surface area (Å²) in [7, 11) is 0. The Bertz CT molecular complexity index is 267. The summed E-state index contributed by atoms with van der Waals surface area (Å²) in [6, 6.07) is 1.87. The molecule has 0 spiro atoms. The van der Waals surface area contributed by atoms with Crippen LogP contribution in [0.15, 0.2) is 18.3 Å². The number of thioether (sulfide) groups is 1. The second-order valence-corrected chi connectivity index (χ2v) is 3.41. The van der Waals surface area contributed by atoms with Gasteiger partial charge in [0.05, 0.1) is 5.69 Å². The number of hydrogen-bond donors (Lipinski definition) is 1. The molecule has 0 bridgehead atoms. The van der Waals surface area contributed by atoms with Crippen molar-refractivity contribution in [1.82, 2.24) is 10.2 Å². The number of nitrogens with zero attached hydrogens (tertiary/aromatic N) is 1. The number of aromatic nitrogens is 2. The van der Waals surface area contributed by atoms with Crippen LogP contribution in [0.25, 0.3) is 6.08 Å². The van der Waals surface area contributed by atoms with Gasteiger partial charge < -0.3 is 0 Å². The highest BCUT2D eigenvalue weighted by Crippen LogP contribution is 2.02. The van der Waals surface area contributed by atoms with Gasteiger partial charge in [-0.05, 0) is 12.1 Å². The standard InChI is InChI=1S/C8H10N2OS/c1-7(11)12-6-2-3-8-4-5-9-10-8/h2-5H,6H2,1H3,(H,9,10). The van der Waals surface area contributed by atoms with E-state index in [4.69, 9.17) is 0 Å². The second kappa shape index (κ2) is 4.77. The van der Waals surface area contributed by atoms with Gasteiger partial charge in [0.2, 0.25) is 0 Å². The van der Waals surface area contributed by atoms with E-state index in [1.807, 2.05) is 18.2 Å². The van der Waals surface area contributed by atoms with Gasteiger partial charge in [0, 0.05) is 18.9 Å². The summed E-state index contributed by atoms with van der Waals surface area (Å²) in [5, 5.41) is 6.72. The number of carbonyl (C=O) groups excluding carboxylic acids is 1. The molecule has 0 atom stereocenters. The molecule has 64 valence electrons. The molecule has 1 aromatic rings. The maximum absolute atomic E-state index is 10.5. The average molecular weight is 182 g/mol. The summed E-state index contributed by atoms with van der Waals surface area (Å²) in [5.74, 6) is 0.717. The van der Waals surface area contributed by atoms with Crippen LogP contribution in [0.1, 0.15) is 12.6 Å². The fourth-order valence-corrected chi connectivity index (χ4v) is 1.13. The lowest BCUT2D eigenvalue weighted by molar-refractivity contribution is -0.109. The van der Waals surface area contributed by atoms with E-state index in [9.17, 15) is 4.79 Å². The number of rotatable bonds is 3. The molecule has 0 aliphatic heterocycles. The summed E-state index contributed by atoms with van der Waals surface area (Å²) in [6.45, 7) is 1.56. The van der Waals surface area contributed by atoms with Crippen molar-refractivity contribution in [2.24, 2.45) is 0 Å². The zero-order chi connectivity index (χ0) is 8.81. The Morgan fingerprint density at radius 3 is 3.25 bits per heavy atom. The number of carbonyl (C=O) groups is 1. The molecule has 12 heavy (non-hydrogen) atoms. The zero-order valence-electron chi connectivity index (χ0n) is 6.78. The molecule has 0 saturated carbocycles. The number of hydrogen-bond acceptors (Lipinski definition) is 3. The molecule has 0 aliphatic carbocycles. The first-order chi connectivity index (χ1) is 5.79. The molecular weight excluding hydrogens is 172 g/mol. The van der Waals surface area contributed by atoms with Crippen LogP contribution >= 0.6 is 11.8 Å². The molecule has 3 nitrogen and oxygen atoms in total. The first kappa shape index (κ1) is 9.06. The number of aromatic amines is 1. The molecular formula is C8H10N2OS. The Hall–Kier alpha value is -1.03. The fourth-order valence-electron chi connectivity index (χ4n) is 0.700. The van der Waals surface area contributed by atoms with Crippen LogP contribution in [0.2, 0.25) is 0 Å². The molecule has 0 aliphatic rings. The molecule has 0 amide bonds. The fraction of sp³-hybridized carbons (Fsp3) is 0.250. The van der Waals surface area contributed by atoms with Crippen molar-refractivity contribution >= 4 is 23.0 Å². The van der Waals surface area contributed by atoms with E-state index in [1.165, 1.54) is 11.8 Å². The summed E-state index contributed by atoms with van der Waals surface area (Å²) >= 11 is 1.29. The highest BCUT2D eigenvalue weighted by Gasteiger charge is 1.89. The van der Waals surface area contributed by atoms with Crippen molar-refractivity contribution in [3.05, 3.63) is 24.0 Å². The maximum atomic E-state index is 10.5. The van der Waals surface area contributed by atoms with Gasteiger partial charge in [0.15, 0.2) is 5.12 Å². The van der Waals surface area contributed by atoms with Gasteiger partial charge in [-0.2, -0.15) is 5.10 Å². The van der Waals surface area contributed by atoms with Crippen molar-refractivity contribution in [2.75, 3.05) is 5.75 Å². The van der Waals surface area contributed by atoms with Gasteiger partial charge in [0.25, 0.3) is 0 Å². The largest absolute Gasteiger partial charge is 0.288 e. The molecule has 0 unspecified atom stereocenters. The smallest absolute Gasteiger partial charge is 0.186 e. The van der Waals surface area contributed by atoms with Crippen molar-refractivity contribution < 1.29 is 4.79 Å². The predicted octanol–water partition coefficient (Wildman–Crippen LogP) is 1.70. The lowest BCUT2D eigenvalue weighted by atomic mass is 10.4. The van der Waals surface area contributed by atoms with Gasteiger partial charge in [-0.15, -0.1) is 0 Å². The lowest BCUT2D eigenvalue weighted by Crippen LogP contribution is -1.81. The van der Waals surface area contributed by atoms with Gasteiger partial charge >= 0.3 is 0 Å². The topological polar surface area (TPSA) is 45.8 Å². The monoisotopic (exact) mass is 182 g/mol. The number of H-pyrrole nitrogens is 1. The van der Waals surface area contributed by atoms with Gasteiger partial charge in [-0.25, -0.2) is 0 Å². The Morgan fingerprint density at radius 2 is 2.67 bits per heavy atom. The second-order valence-electron chi connectivity index (χ2n) is 2.22. The summed E-state index contributed by atoms with van der Waals surface area (Å²) in [6.07, 6.45) is 5.53. The maximum Gasteiger partial charge on any atom is 0.186 e. The minimum absolute atomic E-state index is 0.143. The van der Waals surface area contributed by atoms with E-state index in [0.29, 0.717) is 5.75 Å². The molecule has 0 saturated heterocycles. The van der Waals surface area contributed by atoms with Crippen LogP contribution in [0.3, 0.4) is 0 Å². The Balaban J connectivity index is 2.27. The van der Waals surface area contributed by atoms with Crippen molar-refractivity contribution in [3.63, 3.8) is 0 Å². The summed E-state index contributed by atoms with van der Waals surface area (Å²) in [5.41, 5.74) is 0.958. The van der Waals surface area contributed by atoms with Crippen molar-refractivity contribution in [3.8, 4) is 0 Å². The Kier molecular flexibility index (Phi) is 3.60. The van der Waals surface area contributed by atoms with Crippen molar-refractivity contribution in [2.45, 2.75) is 6.92 Å². The highest BCUT2D eigenvalue weighted by atomic mass is 32.2. The molecule has 1 rings (SSSR count). The Morgan fingerprint density at radius 1 is 1.83 bits per heavy atom. The van der Waals surface area contributed by atoms with Gasteiger partial charge in [0.1, 0.15) is 0 Å². The van der Waals surface area contributed by atoms with Crippen LogP contribution in [0.4, 0.5) is 0 Å². The van der Waals surface area contributed by atoms with E-state index in [0.717, 1.165) is 5.69 Å². The third-order valence-corrected chi connectivity index (χ3v) is 1.97. The summed E-state index contributed by atoms with van der Waals surface area (Å²) in [4.78, 5) is 10.5. The lowest BCUT2D eigenvalue weighted by Gasteiger charge is -1.87. The van der Waals surface area contributed by atoms with Crippen LogP contribution in [0, 0.1) is 0 Å². The van der Waals surface area contributed by atoms with Crippen LogP contribution in [-0.4, -0.2) is 21.1 Å². The minimum atomic E-state index is 0.143. The quantitative estimate of drug-likeness (QED) is 0.774. The van der Waals surface area contributed by atoms with Crippen LogP contribution in [0.5, 0.6) is 0 Å². The predicted molar refractivity (Wildman–Crippen MR) is 50.8 cm³/mol. The van der Waals surface area contributed by atoms with E-state index in [-0.39, 0.29) is 5.12 Å². The normalized spacial score (nSPS) is 10.8. The third kappa shape index (κ3) is 3.39. The molecule has 0 aromatic carbocycles. The van der Waals surface area contributed by atoms with E-state index in [2.05, 4.69) is 10.2 Å². The van der Waals surface area contributed by atoms with Crippen LogP contribution in [-0.2, 0) is 4.79 Å². The first-order valence-corrected chi connectivity index (χ1v) is 4.57. The van der Waals surface area contributed by atoms with E-state index in [1.54, 1.807) is 13.1 Å². The minimum Gasteiger partial charge on any atom is -0.288 e. The molecule has 4 heteroatoms. The molecule has 0 radical (unpaired) electrons. The number of nitrogens with one attached hydrogen (secondary N) is 1. The molecule has 0 fully saturated rings. The van der Waals surface area contributed by atoms with E-state index < -0.39 is 0 Å². The van der Waals surface area contributed by atoms with E-state index >= 15 is 0 Å². The molecule has 1 N–H and O–H groups in total. The third-order valence-electron chi connectivity index (χ3n) is 1.20. The van der Waals surface area contributed by atoms with Gasteiger partial charge in [-0.3, -0.25) is 9.89 Å². The van der Waals surface area contributed by atoms with Crippen LogP contribution < -0.4 is 0 Å². The first-order valence-electron chi connectivity index (χ1n) is 3.58. The van der Waals surface area contributed by atoms with Crippen molar-refractivity contribution in [1.29, 1.82) is 0 Å². The average Bonchev–Trinajstić information content (AvgIpc) is 2.49.